The fraction of sp³-hybridized carbons (Fsp3) is 0.125. The predicted octanol–water partition coefficient (Wildman–Crippen LogP) is 3.95. The van der Waals surface area contributed by atoms with E-state index in [0.717, 1.165) is 16.6 Å². The number of rotatable bonds is 4. The van der Waals surface area contributed by atoms with Gasteiger partial charge in [-0.1, -0.05) is 18.2 Å². The zero-order chi connectivity index (χ0) is 13.1. The van der Waals surface area contributed by atoms with Gasteiger partial charge in [-0.25, -0.2) is 4.39 Å². The lowest BCUT2D eigenvalue weighted by Gasteiger charge is -2.05. The molecule has 2 aromatic heterocycles. The number of aromatic nitrogens is 1. The topological polar surface area (TPSA) is 13.6 Å². The molecule has 0 aliphatic heterocycles. The minimum Gasteiger partial charge on any atom is -0.491 e. The molecule has 1 aromatic carbocycles. The number of benzene rings is 1. The maximum atomic E-state index is 12.1. The monoisotopic (exact) mass is 255 g/mol. The van der Waals surface area contributed by atoms with E-state index < -0.39 is 6.67 Å². The zero-order valence-corrected chi connectivity index (χ0v) is 10.4. The Kier molecular flexibility index (Phi) is 3.19. The first-order chi connectivity index (χ1) is 9.36. The lowest BCUT2D eigenvalue weighted by Crippen LogP contribution is -1.98. The van der Waals surface area contributed by atoms with Crippen LogP contribution < -0.4 is 4.74 Å². The van der Waals surface area contributed by atoms with Crippen LogP contribution in [0.1, 0.15) is 0 Å². The van der Waals surface area contributed by atoms with Crippen LogP contribution in [0.3, 0.4) is 0 Å². The van der Waals surface area contributed by atoms with E-state index in [4.69, 9.17) is 4.74 Å². The second kappa shape index (κ2) is 5.14. The van der Waals surface area contributed by atoms with Gasteiger partial charge in [0.15, 0.2) is 0 Å². The molecular weight excluding hydrogens is 241 g/mol. The lowest BCUT2D eigenvalue weighted by atomic mass is 10.1. The normalized spacial score (nSPS) is 10.8. The molecule has 3 heteroatoms. The number of halogens is 1. The molecule has 0 aliphatic rings. The van der Waals surface area contributed by atoms with Crippen molar-refractivity contribution in [2.24, 2.45) is 0 Å². The molecule has 19 heavy (non-hydrogen) atoms. The molecule has 0 amide bonds. The fourth-order valence-corrected chi connectivity index (χ4v) is 2.14. The molecule has 0 aliphatic carbocycles. The van der Waals surface area contributed by atoms with Crippen molar-refractivity contribution in [1.82, 2.24) is 4.40 Å². The zero-order valence-electron chi connectivity index (χ0n) is 10.4. The van der Waals surface area contributed by atoms with Crippen LogP contribution in [0.4, 0.5) is 4.39 Å². The molecule has 0 unspecified atom stereocenters. The van der Waals surface area contributed by atoms with Gasteiger partial charge in [-0.15, -0.1) is 0 Å². The molecule has 0 saturated heterocycles. The minimum atomic E-state index is -0.472. The molecule has 3 aromatic rings. The third kappa shape index (κ3) is 2.45. The molecule has 0 atom stereocenters. The van der Waals surface area contributed by atoms with Crippen molar-refractivity contribution in [2.45, 2.75) is 0 Å². The molecule has 0 radical (unpaired) electrons. The van der Waals surface area contributed by atoms with E-state index in [2.05, 4.69) is 22.7 Å². The Bertz CT molecular complexity index is 657. The maximum Gasteiger partial charge on any atom is 0.123 e. The van der Waals surface area contributed by atoms with Crippen LogP contribution in [-0.2, 0) is 0 Å². The van der Waals surface area contributed by atoms with E-state index in [1.54, 1.807) is 0 Å². The van der Waals surface area contributed by atoms with E-state index >= 15 is 0 Å². The van der Waals surface area contributed by atoms with Gasteiger partial charge in [-0.2, -0.15) is 0 Å². The summed E-state index contributed by atoms with van der Waals surface area (Å²) in [6.07, 6.45) is 4.09. The molecule has 0 N–H and O–H groups in total. The van der Waals surface area contributed by atoms with Crippen molar-refractivity contribution in [1.29, 1.82) is 0 Å². The Hall–Kier alpha value is -2.29. The number of nitrogens with zero attached hydrogens (tertiary/aromatic N) is 1. The SMILES string of the molecule is FCCOc1cccc(-c2cc3ccccn3c2)c1. The second-order valence-corrected chi connectivity index (χ2v) is 4.33. The van der Waals surface area contributed by atoms with Crippen molar-refractivity contribution in [3.05, 3.63) is 60.9 Å². The maximum absolute atomic E-state index is 12.1. The van der Waals surface area contributed by atoms with E-state index in [1.807, 2.05) is 42.6 Å². The quantitative estimate of drug-likeness (QED) is 0.688. The van der Waals surface area contributed by atoms with Crippen LogP contribution in [-0.4, -0.2) is 17.7 Å². The third-order valence-electron chi connectivity index (χ3n) is 3.02. The molecule has 0 saturated carbocycles. The molecular formula is C16H14FNO. The number of alkyl halides is 1. The second-order valence-electron chi connectivity index (χ2n) is 4.33. The van der Waals surface area contributed by atoms with Crippen LogP contribution in [0.2, 0.25) is 0 Å². The average molecular weight is 255 g/mol. The van der Waals surface area contributed by atoms with Crippen molar-refractivity contribution in [2.75, 3.05) is 13.3 Å². The summed E-state index contributed by atoms with van der Waals surface area (Å²) < 4.78 is 19.5. The highest BCUT2D eigenvalue weighted by molar-refractivity contribution is 5.71. The van der Waals surface area contributed by atoms with Crippen molar-refractivity contribution >= 4 is 5.52 Å². The van der Waals surface area contributed by atoms with Gasteiger partial charge in [0.2, 0.25) is 0 Å². The van der Waals surface area contributed by atoms with Crippen LogP contribution in [0, 0.1) is 0 Å². The van der Waals surface area contributed by atoms with Crippen LogP contribution in [0.25, 0.3) is 16.6 Å². The van der Waals surface area contributed by atoms with Crippen molar-refractivity contribution in [3.63, 3.8) is 0 Å². The Balaban J connectivity index is 1.96. The Morgan fingerprint density at radius 2 is 1.95 bits per heavy atom. The van der Waals surface area contributed by atoms with Gasteiger partial charge in [0.1, 0.15) is 19.0 Å². The number of hydrogen-bond donors (Lipinski definition) is 0. The van der Waals surface area contributed by atoms with Crippen LogP contribution >= 0.6 is 0 Å². The minimum absolute atomic E-state index is 0.0984. The molecule has 3 rings (SSSR count). The van der Waals surface area contributed by atoms with Gasteiger partial charge < -0.3 is 9.14 Å². The van der Waals surface area contributed by atoms with Gasteiger partial charge in [0, 0.05) is 23.5 Å². The van der Waals surface area contributed by atoms with Gasteiger partial charge in [-0.05, 0) is 35.9 Å². The predicted molar refractivity (Wildman–Crippen MR) is 74.3 cm³/mol. The van der Waals surface area contributed by atoms with Crippen molar-refractivity contribution in [3.8, 4) is 16.9 Å². The Morgan fingerprint density at radius 1 is 1.00 bits per heavy atom. The smallest absolute Gasteiger partial charge is 0.123 e. The number of fused-ring (bicyclic) bond motifs is 1. The Labute approximate surface area is 111 Å². The highest BCUT2D eigenvalue weighted by Gasteiger charge is 2.03. The van der Waals surface area contributed by atoms with Gasteiger partial charge in [0.25, 0.3) is 0 Å². The highest BCUT2D eigenvalue weighted by Crippen LogP contribution is 2.26. The summed E-state index contributed by atoms with van der Waals surface area (Å²) in [4.78, 5) is 0. The number of pyridine rings is 1. The summed E-state index contributed by atoms with van der Waals surface area (Å²) in [7, 11) is 0. The first-order valence-electron chi connectivity index (χ1n) is 6.23. The summed E-state index contributed by atoms with van der Waals surface area (Å²) in [5, 5.41) is 0. The van der Waals surface area contributed by atoms with Gasteiger partial charge in [-0.3, -0.25) is 0 Å². The first kappa shape index (κ1) is 11.8. The van der Waals surface area contributed by atoms with E-state index in [1.165, 1.54) is 0 Å². The molecule has 2 nitrogen and oxygen atoms in total. The molecule has 96 valence electrons. The summed E-state index contributed by atoms with van der Waals surface area (Å²) in [5.41, 5.74) is 3.34. The highest BCUT2D eigenvalue weighted by atomic mass is 19.1. The molecule has 0 spiro atoms. The summed E-state index contributed by atoms with van der Waals surface area (Å²) in [6.45, 7) is -0.373. The Morgan fingerprint density at radius 3 is 2.79 bits per heavy atom. The van der Waals surface area contributed by atoms with Crippen LogP contribution in [0.15, 0.2) is 60.9 Å². The molecule has 2 heterocycles. The van der Waals surface area contributed by atoms with Crippen molar-refractivity contribution < 1.29 is 9.13 Å². The summed E-state index contributed by atoms with van der Waals surface area (Å²) in [6, 6.07) is 15.9. The van der Waals surface area contributed by atoms with Gasteiger partial charge >= 0.3 is 0 Å². The van der Waals surface area contributed by atoms with Crippen LogP contribution in [0.5, 0.6) is 5.75 Å². The number of hydrogen-bond acceptors (Lipinski definition) is 1. The summed E-state index contributed by atoms with van der Waals surface area (Å²) >= 11 is 0. The van der Waals surface area contributed by atoms with E-state index in [9.17, 15) is 4.39 Å². The summed E-state index contributed by atoms with van der Waals surface area (Å²) in [5.74, 6) is 0.699. The molecule has 0 fully saturated rings. The third-order valence-corrected chi connectivity index (χ3v) is 3.02. The fourth-order valence-electron chi connectivity index (χ4n) is 2.14. The van der Waals surface area contributed by atoms with E-state index in [-0.39, 0.29) is 6.61 Å². The molecule has 0 bridgehead atoms. The largest absolute Gasteiger partial charge is 0.491 e. The van der Waals surface area contributed by atoms with E-state index in [0.29, 0.717) is 5.75 Å². The van der Waals surface area contributed by atoms with Gasteiger partial charge in [0.05, 0.1) is 0 Å². The lowest BCUT2D eigenvalue weighted by molar-refractivity contribution is 0.273. The number of ether oxygens (including phenoxy) is 1. The first-order valence-corrected chi connectivity index (χ1v) is 6.23. The average Bonchev–Trinajstić information content (AvgIpc) is 2.89. The standard InChI is InChI=1S/C16H14FNO/c17-7-9-19-16-6-3-4-13(11-16)14-10-15-5-1-2-8-18(15)12-14/h1-6,8,10-12H,7,9H2.